The second-order valence-corrected chi connectivity index (χ2v) is 8.51. The lowest BCUT2D eigenvalue weighted by molar-refractivity contribution is -0.138. The molecule has 0 N–H and O–H groups in total. The van der Waals surface area contributed by atoms with E-state index in [1.54, 1.807) is 12.3 Å². The number of fused-ring (bicyclic) bond motifs is 1. The molecule has 3 heterocycles. The van der Waals surface area contributed by atoms with Crippen molar-refractivity contribution in [2.24, 2.45) is 0 Å². The van der Waals surface area contributed by atoms with Gasteiger partial charge in [-0.2, -0.15) is 26.3 Å². The van der Waals surface area contributed by atoms with Crippen LogP contribution in [0.2, 0.25) is 0 Å². The maximum absolute atomic E-state index is 13.3. The second-order valence-electron chi connectivity index (χ2n) is 8.51. The molecule has 0 saturated heterocycles. The van der Waals surface area contributed by atoms with Crippen molar-refractivity contribution in [3.63, 3.8) is 0 Å². The fourth-order valence-electron chi connectivity index (χ4n) is 4.23. The lowest BCUT2D eigenvalue weighted by Crippen LogP contribution is -2.30. The molecule has 4 nitrogen and oxygen atoms in total. The number of hydrogen-bond donors (Lipinski definition) is 0. The predicted molar refractivity (Wildman–Crippen MR) is 119 cm³/mol. The molecule has 0 spiro atoms. The van der Waals surface area contributed by atoms with Crippen LogP contribution in [0.3, 0.4) is 0 Å². The van der Waals surface area contributed by atoms with E-state index in [-0.39, 0.29) is 11.3 Å². The molecular weight excluding hydrogens is 484 g/mol. The molecule has 1 aliphatic heterocycles. The van der Waals surface area contributed by atoms with Crippen LogP contribution in [0.4, 0.5) is 26.3 Å². The zero-order valence-corrected chi connectivity index (χ0v) is 18.7. The van der Waals surface area contributed by atoms with Gasteiger partial charge in [-0.25, -0.2) is 9.97 Å². The van der Waals surface area contributed by atoms with Gasteiger partial charge in [-0.15, -0.1) is 0 Å². The van der Waals surface area contributed by atoms with Gasteiger partial charge < -0.3 is 4.42 Å². The Morgan fingerprint density at radius 3 is 2.33 bits per heavy atom. The Morgan fingerprint density at radius 2 is 1.61 bits per heavy atom. The molecule has 10 heteroatoms. The van der Waals surface area contributed by atoms with Crippen LogP contribution in [0.25, 0.3) is 22.7 Å². The zero-order chi connectivity index (χ0) is 25.5. The zero-order valence-electron chi connectivity index (χ0n) is 18.7. The van der Waals surface area contributed by atoms with E-state index in [0.29, 0.717) is 43.2 Å². The topological polar surface area (TPSA) is 42.2 Å². The molecule has 2 aromatic heterocycles. The fourth-order valence-corrected chi connectivity index (χ4v) is 4.23. The van der Waals surface area contributed by atoms with Gasteiger partial charge in [0.15, 0.2) is 5.82 Å². The van der Waals surface area contributed by atoms with Crippen LogP contribution in [0.15, 0.2) is 71.3 Å². The van der Waals surface area contributed by atoms with Crippen molar-refractivity contribution in [3.8, 4) is 22.7 Å². The molecule has 1 aliphatic rings. The molecule has 0 saturated carbocycles. The lowest BCUT2D eigenvalue weighted by atomic mass is 10.1. The van der Waals surface area contributed by atoms with E-state index >= 15 is 0 Å². The SMILES string of the molecule is FC(F)(F)c1ccc(-c2ncc3c(n2)CCN(Cc2ccc(-c4ccccc4C(F)(F)F)o2)C3)cc1. The normalized spacial score (nSPS) is 14.6. The first-order chi connectivity index (χ1) is 17.1. The molecule has 36 heavy (non-hydrogen) atoms. The van der Waals surface area contributed by atoms with Crippen LogP contribution in [0.5, 0.6) is 0 Å². The monoisotopic (exact) mass is 503 g/mol. The molecule has 0 amide bonds. The number of benzene rings is 2. The summed E-state index contributed by atoms with van der Waals surface area (Å²) in [6.45, 7) is 1.54. The summed E-state index contributed by atoms with van der Waals surface area (Å²) in [6.07, 6.45) is -6.64. The largest absolute Gasteiger partial charge is 0.460 e. The Balaban J connectivity index is 1.29. The third-order valence-corrected chi connectivity index (χ3v) is 6.02. The van der Waals surface area contributed by atoms with E-state index in [2.05, 4.69) is 14.9 Å². The Morgan fingerprint density at radius 1 is 0.861 bits per heavy atom. The highest BCUT2D eigenvalue weighted by Crippen LogP contribution is 2.38. The minimum absolute atomic E-state index is 0.00978. The van der Waals surface area contributed by atoms with Gasteiger partial charge in [-0.05, 0) is 30.3 Å². The Hall–Kier alpha value is -3.66. The summed E-state index contributed by atoms with van der Waals surface area (Å²) in [5, 5.41) is 0. The highest BCUT2D eigenvalue weighted by atomic mass is 19.4. The van der Waals surface area contributed by atoms with E-state index in [0.717, 1.165) is 29.5 Å². The van der Waals surface area contributed by atoms with Gasteiger partial charge in [0.25, 0.3) is 0 Å². The second kappa shape index (κ2) is 9.09. The number of rotatable bonds is 4. The highest BCUT2D eigenvalue weighted by molar-refractivity contribution is 5.63. The van der Waals surface area contributed by atoms with Crippen molar-refractivity contribution in [2.45, 2.75) is 31.9 Å². The highest BCUT2D eigenvalue weighted by Gasteiger charge is 2.34. The van der Waals surface area contributed by atoms with E-state index < -0.39 is 23.5 Å². The Labute approximate surface area is 202 Å². The number of alkyl halides is 6. The van der Waals surface area contributed by atoms with Crippen LogP contribution in [0.1, 0.15) is 28.1 Å². The summed E-state index contributed by atoms with van der Waals surface area (Å²) in [7, 11) is 0. The number of nitrogens with zero attached hydrogens (tertiary/aromatic N) is 3. The first-order valence-electron chi connectivity index (χ1n) is 11.1. The van der Waals surface area contributed by atoms with Gasteiger partial charge in [0, 0.05) is 42.4 Å². The maximum Gasteiger partial charge on any atom is 0.417 e. The number of aromatic nitrogens is 2. The molecule has 5 rings (SSSR count). The first kappa shape index (κ1) is 24.1. The Bertz CT molecular complexity index is 1380. The molecule has 0 radical (unpaired) electrons. The fraction of sp³-hybridized carbons (Fsp3) is 0.231. The minimum Gasteiger partial charge on any atom is -0.460 e. The van der Waals surface area contributed by atoms with Crippen LogP contribution < -0.4 is 0 Å². The van der Waals surface area contributed by atoms with Gasteiger partial charge in [0.1, 0.15) is 11.5 Å². The lowest BCUT2D eigenvalue weighted by Gasteiger charge is -2.27. The third kappa shape index (κ3) is 4.99. The van der Waals surface area contributed by atoms with Crippen molar-refractivity contribution in [2.75, 3.05) is 6.54 Å². The molecule has 0 unspecified atom stereocenters. The van der Waals surface area contributed by atoms with Gasteiger partial charge in [0.05, 0.1) is 23.4 Å². The van der Waals surface area contributed by atoms with E-state index in [1.165, 1.54) is 36.4 Å². The van der Waals surface area contributed by atoms with Crippen molar-refractivity contribution in [3.05, 3.63) is 95.0 Å². The van der Waals surface area contributed by atoms with E-state index in [1.807, 2.05) is 0 Å². The third-order valence-electron chi connectivity index (χ3n) is 6.02. The smallest absolute Gasteiger partial charge is 0.417 e. The summed E-state index contributed by atoms with van der Waals surface area (Å²) in [5.41, 5.74) is 0.697. The summed E-state index contributed by atoms with van der Waals surface area (Å²) in [6, 6.07) is 13.2. The first-order valence-corrected chi connectivity index (χ1v) is 11.1. The number of halogens is 6. The van der Waals surface area contributed by atoms with Crippen LogP contribution >= 0.6 is 0 Å². The van der Waals surface area contributed by atoms with Crippen LogP contribution in [-0.4, -0.2) is 21.4 Å². The van der Waals surface area contributed by atoms with Gasteiger partial charge in [-0.3, -0.25) is 4.90 Å². The molecule has 186 valence electrons. The number of furan rings is 1. The molecule has 0 aliphatic carbocycles. The van der Waals surface area contributed by atoms with Gasteiger partial charge in [-0.1, -0.05) is 30.3 Å². The average Bonchev–Trinajstić information content (AvgIpc) is 3.31. The quantitative estimate of drug-likeness (QED) is 0.281. The van der Waals surface area contributed by atoms with Crippen molar-refractivity contribution < 1.29 is 30.8 Å². The van der Waals surface area contributed by atoms with Crippen LogP contribution in [0, 0.1) is 0 Å². The minimum atomic E-state index is -4.49. The summed E-state index contributed by atoms with van der Waals surface area (Å²) < 4.78 is 84.2. The standard InChI is InChI=1S/C26H19F6N3O/c27-25(28,29)18-7-5-16(6-8-18)24-33-13-17-14-35(12-11-22(17)34-24)15-19-9-10-23(36-19)20-3-1-2-4-21(20)26(30,31)32/h1-10,13H,11-12,14-15H2. The Kier molecular flexibility index (Phi) is 6.07. The van der Waals surface area contributed by atoms with Crippen molar-refractivity contribution in [1.82, 2.24) is 14.9 Å². The molecule has 0 atom stereocenters. The van der Waals surface area contributed by atoms with E-state index in [9.17, 15) is 26.3 Å². The molecule has 4 aromatic rings. The predicted octanol–water partition coefficient (Wildman–Crippen LogP) is 7.00. The molecule has 2 aromatic carbocycles. The van der Waals surface area contributed by atoms with Crippen molar-refractivity contribution >= 4 is 0 Å². The molecule has 0 bridgehead atoms. The summed E-state index contributed by atoms with van der Waals surface area (Å²) in [5.74, 6) is 1.04. The summed E-state index contributed by atoms with van der Waals surface area (Å²) >= 11 is 0. The summed E-state index contributed by atoms with van der Waals surface area (Å²) in [4.78, 5) is 10.9. The maximum atomic E-state index is 13.3. The van der Waals surface area contributed by atoms with E-state index in [4.69, 9.17) is 4.42 Å². The van der Waals surface area contributed by atoms with Crippen LogP contribution in [-0.2, 0) is 31.9 Å². The molecule has 0 fully saturated rings. The van der Waals surface area contributed by atoms with Gasteiger partial charge >= 0.3 is 12.4 Å². The molecular formula is C26H19F6N3O. The van der Waals surface area contributed by atoms with Gasteiger partial charge in [0.2, 0.25) is 0 Å². The van der Waals surface area contributed by atoms with Crippen molar-refractivity contribution in [1.29, 1.82) is 0 Å². The average molecular weight is 503 g/mol. The number of hydrogen-bond acceptors (Lipinski definition) is 4.